The van der Waals surface area contributed by atoms with Gasteiger partial charge >= 0.3 is 0 Å². The van der Waals surface area contributed by atoms with Gasteiger partial charge in [0.25, 0.3) is 0 Å². The number of allylic oxidation sites excluding steroid dienone is 1. The molecule has 0 bridgehead atoms. The number of ether oxygens (including phenoxy) is 3. The van der Waals surface area contributed by atoms with Crippen molar-refractivity contribution >= 4 is 0 Å². The molecule has 0 saturated carbocycles. The van der Waals surface area contributed by atoms with Gasteiger partial charge in [0.15, 0.2) is 11.5 Å². The molecule has 0 saturated heterocycles. The van der Waals surface area contributed by atoms with Crippen LogP contribution in [0.3, 0.4) is 0 Å². The number of nitrogens with one attached hydrogen (secondary N) is 1. The molecule has 3 N–H and O–H groups in total. The van der Waals surface area contributed by atoms with Crippen molar-refractivity contribution in [3.63, 3.8) is 0 Å². The average Bonchev–Trinajstić information content (AvgIpc) is 3.33. The van der Waals surface area contributed by atoms with Crippen LogP contribution in [0, 0.1) is 11.3 Å². The van der Waals surface area contributed by atoms with Gasteiger partial charge in [0.2, 0.25) is 18.6 Å². The molecule has 0 aliphatic carbocycles. The minimum Gasteiger partial charge on any atom is -0.454 e. The Kier molecular flexibility index (Phi) is 3.30. The van der Waals surface area contributed by atoms with Crippen molar-refractivity contribution in [2.75, 3.05) is 6.79 Å². The van der Waals surface area contributed by atoms with Crippen molar-refractivity contribution in [1.82, 2.24) is 10.2 Å². The summed E-state index contributed by atoms with van der Waals surface area (Å²) in [6, 6.07) is 17.6. The normalized spacial score (nSPS) is 17.2. The van der Waals surface area contributed by atoms with Crippen LogP contribution in [0.5, 0.6) is 17.4 Å². The van der Waals surface area contributed by atoms with Gasteiger partial charge in [-0.05, 0) is 23.3 Å². The molecule has 0 radical (unpaired) electrons. The smallest absolute Gasteiger partial charge is 0.244 e. The first-order valence-corrected chi connectivity index (χ1v) is 8.37. The summed E-state index contributed by atoms with van der Waals surface area (Å²) in [6.45, 7) is 0.182. The van der Waals surface area contributed by atoms with Gasteiger partial charge in [0.05, 0.1) is 17.2 Å². The first-order chi connectivity index (χ1) is 13.3. The predicted molar refractivity (Wildman–Crippen MR) is 95.9 cm³/mol. The molecule has 27 heavy (non-hydrogen) atoms. The zero-order valence-corrected chi connectivity index (χ0v) is 14.1. The Labute approximate surface area is 154 Å². The topological polar surface area (TPSA) is 106 Å². The first kappa shape index (κ1) is 15.3. The maximum atomic E-state index is 9.76. The summed E-state index contributed by atoms with van der Waals surface area (Å²) in [4.78, 5) is 0. The van der Waals surface area contributed by atoms with E-state index in [4.69, 9.17) is 19.9 Å². The molecular weight excluding hydrogens is 344 g/mol. The molecule has 2 aliphatic rings. The summed E-state index contributed by atoms with van der Waals surface area (Å²) in [5, 5.41) is 17.1. The zero-order valence-electron chi connectivity index (χ0n) is 14.1. The fraction of sp³-hybridized carbons (Fsp3) is 0.100. The van der Waals surface area contributed by atoms with E-state index < -0.39 is 5.92 Å². The van der Waals surface area contributed by atoms with E-state index in [2.05, 4.69) is 16.3 Å². The lowest BCUT2D eigenvalue weighted by Crippen LogP contribution is -2.21. The van der Waals surface area contributed by atoms with Crippen LogP contribution in [-0.4, -0.2) is 17.0 Å². The van der Waals surface area contributed by atoms with Crippen LogP contribution < -0.4 is 19.9 Å². The molecule has 1 atom stereocenters. The van der Waals surface area contributed by atoms with Crippen LogP contribution in [0.2, 0.25) is 0 Å². The minimum atomic E-state index is -0.429. The number of nitrogens with zero attached hydrogens (tertiary/aromatic N) is 2. The number of nitriles is 1. The summed E-state index contributed by atoms with van der Waals surface area (Å²) in [6.07, 6.45) is 0. The van der Waals surface area contributed by atoms with E-state index in [1.54, 1.807) is 0 Å². The minimum absolute atomic E-state index is 0.0544. The van der Waals surface area contributed by atoms with Crippen molar-refractivity contribution in [3.05, 3.63) is 71.1 Å². The maximum Gasteiger partial charge on any atom is 0.244 e. The largest absolute Gasteiger partial charge is 0.454 e. The standard InChI is InChI=1S/C20H14N4O3/c21-9-13-16(12-6-7-14-15(8-12)26-10-25-14)17-18(11-4-2-1-3-5-11)23-24-20(17)27-19(13)22/h1-8,16H,10,22H2,(H,23,24)/t16-/m0/s1. The molecule has 7 nitrogen and oxygen atoms in total. The van der Waals surface area contributed by atoms with Crippen LogP contribution in [0.15, 0.2) is 60.0 Å². The van der Waals surface area contributed by atoms with Crippen LogP contribution in [0.4, 0.5) is 0 Å². The third-order valence-corrected chi connectivity index (χ3v) is 4.73. The number of fused-ring (bicyclic) bond motifs is 2. The second-order valence-electron chi connectivity index (χ2n) is 6.22. The van der Waals surface area contributed by atoms with E-state index in [-0.39, 0.29) is 12.7 Å². The predicted octanol–water partition coefficient (Wildman–Crippen LogP) is 3.02. The number of H-pyrrole nitrogens is 1. The summed E-state index contributed by atoms with van der Waals surface area (Å²) in [5.74, 6) is 1.31. The van der Waals surface area contributed by atoms with Gasteiger partial charge in [0, 0.05) is 0 Å². The third-order valence-electron chi connectivity index (χ3n) is 4.73. The molecule has 3 aromatic rings. The summed E-state index contributed by atoms with van der Waals surface area (Å²) < 4.78 is 16.5. The number of nitrogens with two attached hydrogens (primary N) is 1. The number of benzene rings is 2. The lowest BCUT2D eigenvalue weighted by atomic mass is 9.83. The Morgan fingerprint density at radius 1 is 1.11 bits per heavy atom. The third kappa shape index (κ3) is 2.31. The molecule has 2 aliphatic heterocycles. The molecular formula is C20H14N4O3. The fourth-order valence-electron chi connectivity index (χ4n) is 3.50. The Bertz CT molecular complexity index is 1110. The molecule has 3 heterocycles. The van der Waals surface area contributed by atoms with Crippen LogP contribution in [0.25, 0.3) is 11.3 Å². The first-order valence-electron chi connectivity index (χ1n) is 8.37. The average molecular weight is 358 g/mol. The Hall–Kier alpha value is -3.92. The van der Waals surface area contributed by atoms with Crippen molar-refractivity contribution in [3.8, 4) is 34.7 Å². The quantitative estimate of drug-likeness (QED) is 0.729. The van der Waals surface area contributed by atoms with Gasteiger partial charge in [0.1, 0.15) is 11.6 Å². The highest BCUT2D eigenvalue weighted by atomic mass is 16.7. The second-order valence-corrected chi connectivity index (χ2v) is 6.22. The van der Waals surface area contributed by atoms with Crippen molar-refractivity contribution < 1.29 is 14.2 Å². The van der Waals surface area contributed by atoms with Gasteiger partial charge in [-0.2, -0.15) is 5.26 Å². The lowest BCUT2D eigenvalue weighted by Gasteiger charge is -2.24. The van der Waals surface area contributed by atoms with Gasteiger partial charge in [-0.1, -0.05) is 36.4 Å². The number of hydrogen-bond donors (Lipinski definition) is 2. The number of hydrogen-bond acceptors (Lipinski definition) is 6. The highest BCUT2D eigenvalue weighted by molar-refractivity contribution is 5.71. The molecule has 132 valence electrons. The van der Waals surface area contributed by atoms with E-state index in [9.17, 15) is 5.26 Å². The molecule has 2 aromatic carbocycles. The number of aromatic nitrogens is 2. The highest BCUT2D eigenvalue weighted by Gasteiger charge is 2.36. The van der Waals surface area contributed by atoms with Gasteiger partial charge in [-0.3, -0.25) is 5.10 Å². The van der Waals surface area contributed by atoms with Crippen molar-refractivity contribution in [2.45, 2.75) is 5.92 Å². The summed E-state index contributed by atoms with van der Waals surface area (Å²) >= 11 is 0. The van der Waals surface area contributed by atoms with Gasteiger partial charge in [-0.25, -0.2) is 0 Å². The Morgan fingerprint density at radius 2 is 1.93 bits per heavy atom. The molecule has 0 unspecified atom stereocenters. The van der Waals surface area contributed by atoms with Crippen LogP contribution in [0.1, 0.15) is 17.0 Å². The lowest BCUT2D eigenvalue weighted by molar-refractivity contribution is 0.174. The summed E-state index contributed by atoms with van der Waals surface area (Å²) in [5.41, 5.74) is 9.70. The van der Waals surface area contributed by atoms with E-state index in [1.807, 2.05) is 48.5 Å². The molecule has 5 rings (SSSR count). The highest BCUT2D eigenvalue weighted by Crippen LogP contribution is 2.47. The number of rotatable bonds is 2. The monoisotopic (exact) mass is 358 g/mol. The van der Waals surface area contributed by atoms with E-state index in [0.717, 1.165) is 22.4 Å². The van der Waals surface area contributed by atoms with E-state index >= 15 is 0 Å². The maximum absolute atomic E-state index is 9.76. The molecule has 7 heteroatoms. The van der Waals surface area contributed by atoms with Crippen molar-refractivity contribution in [2.24, 2.45) is 5.73 Å². The number of aromatic amines is 1. The van der Waals surface area contributed by atoms with Crippen LogP contribution in [-0.2, 0) is 0 Å². The van der Waals surface area contributed by atoms with Gasteiger partial charge in [-0.15, -0.1) is 5.10 Å². The summed E-state index contributed by atoms with van der Waals surface area (Å²) in [7, 11) is 0. The molecule has 1 aromatic heterocycles. The van der Waals surface area contributed by atoms with Crippen LogP contribution >= 0.6 is 0 Å². The van der Waals surface area contributed by atoms with Gasteiger partial charge < -0.3 is 19.9 Å². The zero-order chi connectivity index (χ0) is 18.4. The molecule has 0 amide bonds. The molecule has 0 fully saturated rings. The van der Waals surface area contributed by atoms with E-state index in [1.165, 1.54) is 0 Å². The second kappa shape index (κ2) is 5.81. The fourth-order valence-corrected chi connectivity index (χ4v) is 3.50. The Morgan fingerprint density at radius 3 is 2.74 bits per heavy atom. The van der Waals surface area contributed by atoms with Crippen molar-refractivity contribution in [1.29, 1.82) is 5.26 Å². The SMILES string of the molecule is N#CC1=C(N)Oc2n[nH]c(-c3ccccc3)c2[C@H]1c1ccc2c(c1)OCO2. The Balaban J connectivity index is 1.73. The molecule has 0 spiro atoms. The van der Waals surface area contributed by atoms with E-state index in [0.29, 0.717) is 23.0 Å².